The second kappa shape index (κ2) is 5.74. The third-order valence-electron chi connectivity index (χ3n) is 2.32. The number of ether oxygens (including phenoxy) is 1. The number of rotatable bonds is 3. The number of Topliss-reactive ketones (excluding diaryl/α,β-unsaturated/α-hetero) is 1. The second-order valence-corrected chi connectivity index (χ2v) is 4.00. The van der Waals surface area contributed by atoms with Crippen LogP contribution in [0.25, 0.3) is 0 Å². The molecule has 0 aliphatic heterocycles. The lowest BCUT2D eigenvalue weighted by molar-refractivity contribution is -0.143. The van der Waals surface area contributed by atoms with Crippen molar-refractivity contribution in [2.75, 3.05) is 6.61 Å². The van der Waals surface area contributed by atoms with Crippen LogP contribution in [0.5, 0.6) is 0 Å². The number of carbonyl (C=O) groups is 2. The van der Waals surface area contributed by atoms with Crippen LogP contribution in [0.15, 0.2) is 18.2 Å². The zero-order valence-electron chi connectivity index (χ0n) is 10.4. The van der Waals surface area contributed by atoms with Gasteiger partial charge >= 0.3 is 18.3 Å². The van der Waals surface area contributed by atoms with Crippen molar-refractivity contribution in [3.8, 4) is 0 Å². The Bertz CT molecular complexity index is 527. The van der Waals surface area contributed by atoms with Crippen LogP contribution in [0.3, 0.4) is 0 Å². The Kier molecular flexibility index (Phi) is 4.65. The monoisotopic (exact) mass is 314 g/mol. The fraction of sp³-hybridized carbons (Fsp3) is 0.333. The van der Waals surface area contributed by atoms with Gasteiger partial charge in [-0.3, -0.25) is 9.59 Å². The van der Waals surface area contributed by atoms with Gasteiger partial charge in [-0.25, -0.2) is 0 Å². The van der Waals surface area contributed by atoms with Gasteiger partial charge in [0.2, 0.25) is 0 Å². The van der Waals surface area contributed by atoms with Crippen molar-refractivity contribution in [1.29, 1.82) is 0 Å². The maximum Gasteiger partial charge on any atom is 0.416 e. The molecule has 116 valence electrons. The van der Waals surface area contributed by atoms with E-state index in [2.05, 4.69) is 4.74 Å². The standard InChI is InChI=1S/C12H8F6O3/c1-6(19)21-5-10(20)7-2-8(11(13,14)15)4-9(3-7)12(16,17)18/h2-4H,5H2,1H3. The van der Waals surface area contributed by atoms with Gasteiger partial charge in [0, 0.05) is 12.5 Å². The van der Waals surface area contributed by atoms with E-state index < -0.39 is 47.4 Å². The molecule has 0 aliphatic carbocycles. The first-order valence-corrected chi connectivity index (χ1v) is 5.37. The molecule has 0 bridgehead atoms. The molecule has 1 rings (SSSR count). The van der Waals surface area contributed by atoms with Crippen molar-refractivity contribution in [1.82, 2.24) is 0 Å². The van der Waals surface area contributed by atoms with Crippen LogP contribution in [0.4, 0.5) is 26.3 Å². The highest BCUT2D eigenvalue weighted by atomic mass is 19.4. The predicted molar refractivity (Wildman–Crippen MR) is 57.4 cm³/mol. The molecule has 1 aromatic rings. The number of ketones is 1. The quantitative estimate of drug-likeness (QED) is 0.487. The summed E-state index contributed by atoms with van der Waals surface area (Å²) in [6, 6.07) is 0.463. The van der Waals surface area contributed by atoms with Gasteiger partial charge in [-0.15, -0.1) is 0 Å². The van der Waals surface area contributed by atoms with Gasteiger partial charge < -0.3 is 4.74 Å². The van der Waals surface area contributed by atoms with Crippen molar-refractivity contribution in [3.05, 3.63) is 34.9 Å². The van der Waals surface area contributed by atoms with E-state index in [0.29, 0.717) is 0 Å². The van der Waals surface area contributed by atoms with Gasteiger partial charge in [-0.2, -0.15) is 26.3 Å². The number of carbonyl (C=O) groups excluding carboxylic acids is 2. The normalized spacial score (nSPS) is 12.1. The average molecular weight is 314 g/mol. The van der Waals surface area contributed by atoms with Gasteiger partial charge in [0.25, 0.3) is 0 Å². The van der Waals surface area contributed by atoms with E-state index in [0.717, 1.165) is 6.92 Å². The molecule has 0 saturated carbocycles. The first-order valence-electron chi connectivity index (χ1n) is 5.37. The number of benzene rings is 1. The highest BCUT2D eigenvalue weighted by Crippen LogP contribution is 2.36. The van der Waals surface area contributed by atoms with Crippen LogP contribution in [0.1, 0.15) is 28.4 Å². The molecule has 0 radical (unpaired) electrons. The van der Waals surface area contributed by atoms with Crippen molar-refractivity contribution < 1.29 is 40.7 Å². The van der Waals surface area contributed by atoms with E-state index in [1.165, 1.54) is 0 Å². The molecule has 0 N–H and O–H groups in total. The predicted octanol–water partition coefficient (Wildman–Crippen LogP) is 3.47. The summed E-state index contributed by atoms with van der Waals surface area (Å²) in [5.74, 6) is -2.05. The largest absolute Gasteiger partial charge is 0.457 e. The Hall–Kier alpha value is -2.06. The molecule has 0 amide bonds. The smallest absolute Gasteiger partial charge is 0.416 e. The van der Waals surface area contributed by atoms with Gasteiger partial charge in [0.05, 0.1) is 11.1 Å². The SMILES string of the molecule is CC(=O)OCC(=O)c1cc(C(F)(F)F)cc(C(F)(F)F)c1. The zero-order chi connectivity index (χ0) is 16.4. The van der Waals surface area contributed by atoms with E-state index in [4.69, 9.17) is 0 Å². The van der Waals surface area contributed by atoms with E-state index in [9.17, 15) is 35.9 Å². The van der Waals surface area contributed by atoms with Crippen molar-refractivity contribution in [3.63, 3.8) is 0 Å². The summed E-state index contributed by atoms with van der Waals surface area (Å²) in [4.78, 5) is 22.0. The number of alkyl halides is 6. The molecule has 0 saturated heterocycles. The van der Waals surface area contributed by atoms with Crippen LogP contribution in [0, 0.1) is 0 Å². The highest BCUT2D eigenvalue weighted by molar-refractivity contribution is 5.98. The first-order chi connectivity index (χ1) is 9.41. The summed E-state index contributed by atoms with van der Waals surface area (Å²) in [6.45, 7) is 0.00843. The van der Waals surface area contributed by atoms with Gasteiger partial charge in [-0.1, -0.05) is 0 Å². The summed E-state index contributed by atoms with van der Waals surface area (Å²) in [5.41, 5.74) is -4.05. The Balaban J connectivity index is 3.26. The maximum absolute atomic E-state index is 12.5. The number of esters is 1. The molecule has 3 nitrogen and oxygen atoms in total. The maximum atomic E-state index is 12.5. The van der Waals surface area contributed by atoms with Gasteiger partial charge in [-0.05, 0) is 18.2 Å². The van der Waals surface area contributed by atoms with E-state index in [1.54, 1.807) is 0 Å². The summed E-state index contributed by atoms with van der Waals surface area (Å²) in [5, 5.41) is 0. The molecule has 0 heterocycles. The van der Waals surface area contributed by atoms with Crippen molar-refractivity contribution in [2.45, 2.75) is 19.3 Å². The number of halogens is 6. The number of hydrogen-bond donors (Lipinski definition) is 0. The highest BCUT2D eigenvalue weighted by Gasteiger charge is 2.37. The summed E-state index contributed by atoms with van der Waals surface area (Å²) >= 11 is 0. The Morgan fingerprint density at radius 3 is 1.71 bits per heavy atom. The molecular formula is C12H8F6O3. The summed E-state index contributed by atoms with van der Waals surface area (Å²) in [6.07, 6.45) is -10.1. The molecular weight excluding hydrogens is 306 g/mol. The van der Waals surface area contributed by atoms with Gasteiger partial charge in [0.15, 0.2) is 12.4 Å². The molecule has 0 aromatic heterocycles. The lowest BCUT2D eigenvalue weighted by Crippen LogP contribution is -2.16. The average Bonchev–Trinajstić information content (AvgIpc) is 2.33. The summed E-state index contributed by atoms with van der Waals surface area (Å²) in [7, 11) is 0. The van der Waals surface area contributed by atoms with Crippen LogP contribution in [-0.2, 0) is 21.9 Å². The molecule has 1 aromatic carbocycles. The topological polar surface area (TPSA) is 43.4 Å². The molecule has 0 spiro atoms. The van der Waals surface area contributed by atoms with Crippen LogP contribution in [-0.4, -0.2) is 18.4 Å². The van der Waals surface area contributed by atoms with Crippen molar-refractivity contribution >= 4 is 11.8 Å². The van der Waals surface area contributed by atoms with Crippen LogP contribution >= 0.6 is 0 Å². The van der Waals surface area contributed by atoms with Crippen molar-refractivity contribution in [2.24, 2.45) is 0 Å². The van der Waals surface area contributed by atoms with Crippen LogP contribution in [0.2, 0.25) is 0 Å². The lowest BCUT2D eigenvalue weighted by Gasteiger charge is -2.13. The molecule has 0 unspecified atom stereocenters. The Morgan fingerprint density at radius 1 is 0.952 bits per heavy atom. The third kappa shape index (κ3) is 4.76. The number of hydrogen-bond acceptors (Lipinski definition) is 3. The van der Waals surface area contributed by atoms with Gasteiger partial charge in [0.1, 0.15) is 0 Å². The minimum Gasteiger partial charge on any atom is -0.457 e. The van der Waals surface area contributed by atoms with E-state index in [1.807, 2.05) is 0 Å². The Morgan fingerprint density at radius 2 is 1.38 bits per heavy atom. The van der Waals surface area contributed by atoms with E-state index >= 15 is 0 Å². The molecule has 0 fully saturated rings. The molecule has 9 heteroatoms. The first kappa shape index (κ1) is 17.0. The molecule has 0 aliphatic rings. The minimum absolute atomic E-state index is 0.0946. The fourth-order valence-electron chi connectivity index (χ4n) is 1.37. The Labute approximate surface area is 114 Å². The molecule has 0 atom stereocenters. The second-order valence-electron chi connectivity index (χ2n) is 4.00. The third-order valence-corrected chi connectivity index (χ3v) is 2.32. The zero-order valence-corrected chi connectivity index (χ0v) is 10.4. The fourth-order valence-corrected chi connectivity index (χ4v) is 1.37. The van der Waals surface area contributed by atoms with Crippen LogP contribution < -0.4 is 0 Å². The van der Waals surface area contributed by atoms with E-state index in [-0.39, 0.29) is 18.2 Å². The minimum atomic E-state index is -5.04. The summed E-state index contributed by atoms with van der Waals surface area (Å²) < 4.78 is 79.6. The molecule has 21 heavy (non-hydrogen) atoms. The lowest BCUT2D eigenvalue weighted by atomic mass is 10.0.